The minimum atomic E-state index is -0.897. The van der Waals surface area contributed by atoms with E-state index < -0.39 is 11.4 Å². The smallest absolute Gasteiger partial charge is 0.311 e. The van der Waals surface area contributed by atoms with Gasteiger partial charge in [0, 0.05) is 31.3 Å². The minimum absolute atomic E-state index is 0.171. The van der Waals surface area contributed by atoms with Crippen LogP contribution < -0.4 is 0 Å². The van der Waals surface area contributed by atoms with Gasteiger partial charge in [0.2, 0.25) is 0 Å². The Labute approximate surface area is 144 Å². The first-order valence-electron chi connectivity index (χ1n) is 8.30. The monoisotopic (exact) mass is 341 g/mol. The van der Waals surface area contributed by atoms with Crippen LogP contribution in [-0.4, -0.2) is 57.7 Å². The van der Waals surface area contributed by atoms with Gasteiger partial charge in [-0.05, 0) is 18.6 Å². The van der Waals surface area contributed by atoms with Gasteiger partial charge in [0.1, 0.15) is 5.69 Å². The lowest BCUT2D eigenvalue weighted by Crippen LogP contribution is -2.45. The zero-order chi connectivity index (χ0) is 17.4. The molecular weight excluding hydrogens is 322 g/mol. The summed E-state index contributed by atoms with van der Waals surface area (Å²) in [6.07, 6.45) is 3.57. The van der Waals surface area contributed by atoms with Crippen LogP contribution in [0, 0.1) is 11.3 Å². The molecule has 25 heavy (non-hydrogen) atoms. The maximum absolute atomic E-state index is 13.0. The summed E-state index contributed by atoms with van der Waals surface area (Å²) in [6, 6.07) is 9.49. The number of imidazole rings is 1. The lowest BCUT2D eigenvalue weighted by Gasteiger charge is -2.33. The second-order valence-electron chi connectivity index (χ2n) is 6.65. The van der Waals surface area contributed by atoms with Crippen molar-refractivity contribution in [2.75, 3.05) is 26.3 Å². The SMILES string of the molecule is O=C(c1cncn1-c1ccccc1)N1C[C@H]2COCC[C@@]2(C(=O)O)C1. The van der Waals surface area contributed by atoms with Gasteiger partial charge in [-0.15, -0.1) is 0 Å². The molecule has 1 amide bonds. The van der Waals surface area contributed by atoms with Crippen molar-refractivity contribution in [1.82, 2.24) is 14.5 Å². The fourth-order valence-electron chi connectivity index (χ4n) is 3.86. The van der Waals surface area contributed by atoms with Gasteiger partial charge >= 0.3 is 5.97 Å². The van der Waals surface area contributed by atoms with Gasteiger partial charge in [0.25, 0.3) is 5.91 Å². The normalized spacial score (nSPS) is 25.6. The van der Waals surface area contributed by atoms with Crippen LogP contribution in [0.25, 0.3) is 5.69 Å². The van der Waals surface area contributed by atoms with Crippen LogP contribution in [0.3, 0.4) is 0 Å². The lowest BCUT2D eigenvalue weighted by molar-refractivity contribution is -0.157. The third-order valence-electron chi connectivity index (χ3n) is 5.31. The van der Waals surface area contributed by atoms with E-state index in [4.69, 9.17) is 4.74 Å². The van der Waals surface area contributed by atoms with Gasteiger partial charge in [0.05, 0.1) is 24.5 Å². The molecule has 2 atom stereocenters. The Hall–Kier alpha value is -2.67. The van der Waals surface area contributed by atoms with Crippen molar-refractivity contribution in [2.45, 2.75) is 6.42 Å². The number of amides is 1. The highest BCUT2D eigenvalue weighted by Crippen LogP contribution is 2.42. The molecule has 2 aliphatic heterocycles. The Morgan fingerprint density at radius 3 is 2.80 bits per heavy atom. The summed E-state index contributed by atoms with van der Waals surface area (Å²) >= 11 is 0. The van der Waals surface area contributed by atoms with E-state index in [1.165, 1.54) is 6.20 Å². The molecule has 0 radical (unpaired) electrons. The molecule has 0 bridgehead atoms. The average molecular weight is 341 g/mol. The molecule has 2 fully saturated rings. The van der Waals surface area contributed by atoms with Gasteiger partial charge in [-0.1, -0.05) is 18.2 Å². The molecule has 0 aliphatic carbocycles. The summed E-state index contributed by atoms with van der Waals surface area (Å²) < 4.78 is 7.18. The summed E-state index contributed by atoms with van der Waals surface area (Å²) in [4.78, 5) is 30.7. The van der Waals surface area contributed by atoms with E-state index in [0.29, 0.717) is 31.9 Å². The number of para-hydroxylation sites is 1. The maximum atomic E-state index is 13.0. The fourth-order valence-corrected chi connectivity index (χ4v) is 3.86. The van der Waals surface area contributed by atoms with Crippen LogP contribution in [0.4, 0.5) is 0 Å². The van der Waals surface area contributed by atoms with E-state index in [0.717, 1.165) is 5.69 Å². The summed E-state index contributed by atoms with van der Waals surface area (Å²) in [7, 11) is 0. The number of rotatable bonds is 3. The quantitative estimate of drug-likeness (QED) is 0.913. The van der Waals surface area contributed by atoms with Crippen molar-refractivity contribution in [3.63, 3.8) is 0 Å². The number of carboxylic acids is 1. The molecular formula is C18H19N3O4. The number of hydrogen-bond donors (Lipinski definition) is 1. The van der Waals surface area contributed by atoms with Crippen molar-refractivity contribution < 1.29 is 19.4 Å². The number of nitrogens with zero attached hydrogens (tertiary/aromatic N) is 3. The zero-order valence-electron chi connectivity index (χ0n) is 13.7. The lowest BCUT2D eigenvalue weighted by atomic mass is 9.74. The number of aliphatic carboxylic acids is 1. The van der Waals surface area contributed by atoms with Gasteiger partial charge in [-0.2, -0.15) is 0 Å². The Morgan fingerprint density at radius 2 is 2.08 bits per heavy atom. The van der Waals surface area contributed by atoms with E-state index >= 15 is 0 Å². The number of fused-ring (bicyclic) bond motifs is 1. The molecule has 1 N–H and O–H groups in total. The van der Waals surface area contributed by atoms with Crippen LogP contribution >= 0.6 is 0 Å². The molecule has 0 unspecified atom stereocenters. The van der Waals surface area contributed by atoms with Gasteiger partial charge in [-0.25, -0.2) is 4.98 Å². The number of hydrogen-bond acceptors (Lipinski definition) is 4. The second kappa shape index (κ2) is 6.00. The van der Waals surface area contributed by atoms with Crippen LogP contribution in [0.1, 0.15) is 16.9 Å². The molecule has 7 nitrogen and oxygen atoms in total. The third kappa shape index (κ3) is 2.51. The van der Waals surface area contributed by atoms with E-state index in [1.54, 1.807) is 15.8 Å². The molecule has 4 rings (SSSR count). The highest BCUT2D eigenvalue weighted by molar-refractivity contribution is 5.94. The molecule has 7 heteroatoms. The first-order valence-corrected chi connectivity index (χ1v) is 8.30. The molecule has 130 valence electrons. The fraction of sp³-hybridized carbons (Fsp3) is 0.389. The average Bonchev–Trinajstić information content (AvgIpc) is 3.27. The number of carbonyl (C=O) groups excluding carboxylic acids is 1. The second-order valence-corrected chi connectivity index (χ2v) is 6.65. The Bertz CT molecular complexity index is 804. The van der Waals surface area contributed by atoms with Crippen LogP contribution in [0.15, 0.2) is 42.9 Å². The van der Waals surface area contributed by atoms with Crippen LogP contribution in [0.5, 0.6) is 0 Å². The molecule has 2 aliphatic rings. The summed E-state index contributed by atoms with van der Waals surface area (Å²) in [5.41, 5.74) is 0.383. The molecule has 2 aromatic rings. The van der Waals surface area contributed by atoms with Gasteiger partial charge in [0.15, 0.2) is 0 Å². The Morgan fingerprint density at radius 1 is 1.28 bits per heavy atom. The number of likely N-dealkylation sites (tertiary alicyclic amines) is 1. The molecule has 3 heterocycles. The summed E-state index contributed by atoms with van der Waals surface area (Å²) in [5.74, 6) is -1.21. The van der Waals surface area contributed by atoms with Crippen molar-refractivity contribution in [3.8, 4) is 5.69 Å². The summed E-state index contributed by atoms with van der Waals surface area (Å²) in [6.45, 7) is 1.42. The number of carboxylic acid groups (broad SMARTS) is 1. The van der Waals surface area contributed by atoms with E-state index in [1.807, 2.05) is 30.3 Å². The number of carbonyl (C=O) groups is 2. The Balaban J connectivity index is 1.63. The first kappa shape index (κ1) is 15.8. The first-order chi connectivity index (χ1) is 12.1. The molecule has 1 aromatic carbocycles. The van der Waals surface area contributed by atoms with Crippen molar-refractivity contribution >= 4 is 11.9 Å². The number of benzene rings is 1. The van der Waals surface area contributed by atoms with Crippen molar-refractivity contribution in [2.24, 2.45) is 11.3 Å². The maximum Gasteiger partial charge on any atom is 0.311 e. The predicted octanol–water partition coefficient (Wildman–Crippen LogP) is 1.44. The van der Waals surface area contributed by atoms with E-state index in [2.05, 4.69) is 4.98 Å². The number of ether oxygens (including phenoxy) is 1. The standard InChI is InChI=1S/C18H19N3O4/c22-16(15-8-19-12-21(15)14-4-2-1-3-5-14)20-9-13-10-25-7-6-18(13,11-20)17(23)24/h1-5,8,12-13H,6-7,9-11H2,(H,23,24)/t13-,18+/m0/s1. The van der Waals surface area contributed by atoms with E-state index in [-0.39, 0.29) is 18.4 Å². The van der Waals surface area contributed by atoms with Crippen LogP contribution in [-0.2, 0) is 9.53 Å². The van der Waals surface area contributed by atoms with Crippen molar-refractivity contribution in [1.29, 1.82) is 0 Å². The highest BCUT2D eigenvalue weighted by atomic mass is 16.5. The largest absolute Gasteiger partial charge is 0.481 e. The van der Waals surface area contributed by atoms with Crippen molar-refractivity contribution in [3.05, 3.63) is 48.5 Å². The van der Waals surface area contributed by atoms with Crippen LogP contribution in [0.2, 0.25) is 0 Å². The molecule has 0 spiro atoms. The number of aromatic nitrogens is 2. The molecule has 0 saturated carbocycles. The third-order valence-corrected chi connectivity index (χ3v) is 5.31. The zero-order valence-corrected chi connectivity index (χ0v) is 13.7. The molecule has 2 saturated heterocycles. The molecule has 1 aromatic heterocycles. The highest BCUT2D eigenvalue weighted by Gasteiger charge is 2.55. The van der Waals surface area contributed by atoms with Gasteiger partial charge < -0.3 is 14.7 Å². The summed E-state index contributed by atoms with van der Waals surface area (Å²) in [5, 5.41) is 9.75. The Kier molecular flexibility index (Phi) is 3.80. The van der Waals surface area contributed by atoms with Gasteiger partial charge in [-0.3, -0.25) is 14.2 Å². The minimum Gasteiger partial charge on any atom is -0.481 e. The van der Waals surface area contributed by atoms with E-state index in [9.17, 15) is 14.7 Å². The predicted molar refractivity (Wildman–Crippen MR) is 88.5 cm³/mol. The topological polar surface area (TPSA) is 84.7 Å².